The van der Waals surface area contributed by atoms with Crippen LogP contribution >= 0.6 is 0 Å². The second-order valence-electron chi connectivity index (χ2n) is 3.96. The van der Waals surface area contributed by atoms with E-state index in [0.717, 1.165) is 18.2 Å². The molecule has 90 valence electrons. The van der Waals surface area contributed by atoms with Crippen LogP contribution in [0.15, 0.2) is 41.2 Å². The lowest BCUT2D eigenvalue weighted by Crippen LogP contribution is -1.99. The standard InChI is InChI=1S/C13H8F2N2O/c14-8-2-3-10(15)9(6-8)7-1-4-11-12(5-7)17-13(18)16-11/h1-6H,(H2,16,17,18). The van der Waals surface area contributed by atoms with Gasteiger partial charge in [0.15, 0.2) is 0 Å². The fourth-order valence-electron chi connectivity index (χ4n) is 1.92. The summed E-state index contributed by atoms with van der Waals surface area (Å²) in [6.07, 6.45) is 0. The molecule has 3 aromatic rings. The van der Waals surface area contributed by atoms with Gasteiger partial charge in [0, 0.05) is 5.56 Å². The number of halogens is 2. The van der Waals surface area contributed by atoms with E-state index in [0.29, 0.717) is 16.6 Å². The van der Waals surface area contributed by atoms with Crippen molar-refractivity contribution in [2.45, 2.75) is 0 Å². The van der Waals surface area contributed by atoms with Gasteiger partial charge in [0.05, 0.1) is 11.0 Å². The quantitative estimate of drug-likeness (QED) is 0.681. The molecule has 0 saturated carbocycles. The van der Waals surface area contributed by atoms with Crippen molar-refractivity contribution in [3.05, 3.63) is 58.5 Å². The molecular formula is C13H8F2N2O. The number of nitrogens with one attached hydrogen (secondary N) is 2. The average Bonchev–Trinajstić information content (AvgIpc) is 2.71. The molecule has 1 aromatic heterocycles. The molecule has 0 aliphatic carbocycles. The van der Waals surface area contributed by atoms with Crippen molar-refractivity contribution in [2.75, 3.05) is 0 Å². The molecule has 0 aliphatic rings. The first-order chi connectivity index (χ1) is 8.63. The molecule has 0 fully saturated rings. The lowest BCUT2D eigenvalue weighted by atomic mass is 10.0. The Morgan fingerprint density at radius 1 is 0.889 bits per heavy atom. The van der Waals surface area contributed by atoms with Crippen LogP contribution in [0.1, 0.15) is 0 Å². The van der Waals surface area contributed by atoms with E-state index in [2.05, 4.69) is 9.97 Å². The first-order valence-electron chi connectivity index (χ1n) is 5.31. The molecule has 0 amide bonds. The molecule has 0 aliphatic heterocycles. The van der Waals surface area contributed by atoms with Crippen LogP contribution in [0.4, 0.5) is 8.78 Å². The zero-order chi connectivity index (χ0) is 12.7. The average molecular weight is 246 g/mol. The summed E-state index contributed by atoms with van der Waals surface area (Å²) < 4.78 is 26.7. The summed E-state index contributed by atoms with van der Waals surface area (Å²) in [5, 5.41) is 0. The van der Waals surface area contributed by atoms with Gasteiger partial charge in [0.25, 0.3) is 0 Å². The summed E-state index contributed by atoms with van der Waals surface area (Å²) in [5.74, 6) is -1.01. The van der Waals surface area contributed by atoms with Crippen LogP contribution in [0.25, 0.3) is 22.2 Å². The Bertz CT molecular complexity index is 789. The Hall–Kier alpha value is -2.43. The summed E-state index contributed by atoms with van der Waals surface area (Å²) in [7, 11) is 0. The van der Waals surface area contributed by atoms with Gasteiger partial charge in [-0.3, -0.25) is 0 Å². The number of H-pyrrole nitrogens is 2. The molecule has 2 N–H and O–H groups in total. The smallest absolute Gasteiger partial charge is 0.306 e. The van der Waals surface area contributed by atoms with E-state index in [1.54, 1.807) is 18.2 Å². The minimum absolute atomic E-state index is 0.166. The topological polar surface area (TPSA) is 48.6 Å². The third-order valence-corrected chi connectivity index (χ3v) is 2.76. The fraction of sp³-hybridized carbons (Fsp3) is 0. The van der Waals surface area contributed by atoms with Crippen molar-refractivity contribution in [2.24, 2.45) is 0 Å². The molecule has 5 heteroatoms. The Morgan fingerprint density at radius 2 is 1.67 bits per heavy atom. The number of benzene rings is 2. The van der Waals surface area contributed by atoms with Gasteiger partial charge in [-0.25, -0.2) is 13.6 Å². The Morgan fingerprint density at radius 3 is 2.50 bits per heavy atom. The molecule has 0 bridgehead atoms. The number of aromatic nitrogens is 2. The predicted octanol–water partition coefficient (Wildman–Crippen LogP) is 2.80. The second kappa shape index (κ2) is 3.80. The molecule has 0 atom stereocenters. The maximum absolute atomic E-state index is 13.6. The lowest BCUT2D eigenvalue weighted by molar-refractivity contribution is 0.603. The van der Waals surface area contributed by atoms with Gasteiger partial charge in [-0.05, 0) is 35.9 Å². The Kier molecular flexibility index (Phi) is 2.26. The monoisotopic (exact) mass is 246 g/mol. The van der Waals surface area contributed by atoms with Crippen molar-refractivity contribution in [1.82, 2.24) is 9.97 Å². The van der Waals surface area contributed by atoms with Gasteiger partial charge in [0.1, 0.15) is 11.6 Å². The summed E-state index contributed by atoms with van der Waals surface area (Å²) in [4.78, 5) is 16.3. The summed E-state index contributed by atoms with van der Waals surface area (Å²) in [6.45, 7) is 0. The number of rotatable bonds is 1. The highest BCUT2D eigenvalue weighted by Crippen LogP contribution is 2.25. The molecule has 0 radical (unpaired) electrons. The van der Waals surface area contributed by atoms with Crippen LogP contribution in [0.5, 0.6) is 0 Å². The van der Waals surface area contributed by atoms with Crippen LogP contribution in [-0.2, 0) is 0 Å². The molecule has 0 saturated heterocycles. The highest BCUT2D eigenvalue weighted by atomic mass is 19.1. The maximum Gasteiger partial charge on any atom is 0.323 e. The summed E-state index contributed by atoms with van der Waals surface area (Å²) in [5.41, 5.74) is 1.53. The van der Waals surface area contributed by atoms with Crippen LogP contribution in [0.3, 0.4) is 0 Å². The van der Waals surface area contributed by atoms with E-state index in [4.69, 9.17) is 0 Å². The fourth-order valence-corrected chi connectivity index (χ4v) is 1.92. The Labute approximate surface area is 100 Å². The molecule has 18 heavy (non-hydrogen) atoms. The third-order valence-electron chi connectivity index (χ3n) is 2.76. The van der Waals surface area contributed by atoms with Crippen LogP contribution in [0.2, 0.25) is 0 Å². The normalized spacial score (nSPS) is 11.0. The van der Waals surface area contributed by atoms with E-state index < -0.39 is 11.6 Å². The highest BCUT2D eigenvalue weighted by molar-refractivity contribution is 5.81. The summed E-state index contributed by atoms with van der Waals surface area (Å²) in [6, 6.07) is 8.15. The summed E-state index contributed by atoms with van der Waals surface area (Å²) >= 11 is 0. The maximum atomic E-state index is 13.6. The number of imidazole rings is 1. The molecule has 3 nitrogen and oxygen atoms in total. The number of fused-ring (bicyclic) bond motifs is 1. The van der Waals surface area contributed by atoms with E-state index in [9.17, 15) is 13.6 Å². The van der Waals surface area contributed by atoms with Gasteiger partial charge in [-0.1, -0.05) is 6.07 Å². The largest absolute Gasteiger partial charge is 0.323 e. The van der Waals surface area contributed by atoms with Crippen LogP contribution in [0, 0.1) is 11.6 Å². The van der Waals surface area contributed by atoms with Crippen molar-refractivity contribution in [1.29, 1.82) is 0 Å². The number of aromatic amines is 2. The third kappa shape index (κ3) is 1.69. The van der Waals surface area contributed by atoms with Crippen molar-refractivity contribution >= 4 is 11.0 Å². The van der Waals surface area contributed by atoms with Gasteiger partial charge in [-0.2, -0.15) is 0 Å². The SMILES string of the molecule is O=c1[nH]c2ccc(-c3cc(F)ccc3F)cc2[nH]1. The molecule has 0 spiro atoms. The molecule has 3 rings (SSSR count). The highest BCUT2D eigenvalue weighted by Gasteiger charge is 2.08. The molecule has 1 heterocycles. The van der Waals surface area contributed by atoms with E-state index in [-0.39, 0.29) is 11.3 Å². The van der Waals surface area contributed by atoms with Crippen molar-refractivity contribution < 1.29 is 8.78 Å². The minimum Gasteiger partial charge on any atom is -0.306 e. The van der Waals surface area contributed by atoms with Crippen LogP contribution < -0.4 is 5.69 Å². The molecular weight excluding hydrogens is 238 g/mol. The van der Waals surface area contributed by atoms with E-state index in [1.807, 2.05) is 0 Å². The van der Waals surface area contributed by atoms with Gasteiger partial charge in [0.2, 0.25) is 0 Å². The van der Waals surface area contributed by atoms with E-state index in [1.165, 1.54) is 0 Å². The molecule has 0 unspecified atom stereocenters. The van der Waals surface area contributed by atoms with Crippen molar-refractivity contribution in [3.63, 3.8) is 0 Å². The minimum atomic E-state index is -0.506. The van der Waals surface area contributed by atoms with Gasteiger partial charge >= 0.3 is 5.69 Å². The lowest BCUT2D eigenvalue weighted by Gasteiger charge is -2.03. The number of hydrogen-bond acceptors (Lipinski definition) is 1. The zero-order valence-electron chi connectivity index (χ0n) is 9.13. The van der Waals surface area contributed by atoms with Gasteiger partial charge in [-0.15, -0.1) is 0 Å². The van der Waals surface area contributed by atoms with Gasteiger partial charge < -0.3 is 9.97 Å². The molecule has 2 aromatic carbocycles. The Balaban J connectivity index is 2.24. The predicted molar refractivity (Wildman–Crippen MR) is 64.3 cm³/mol. The van der Waals surface area contributed by atoms with Crippen molar-refractivity contribution in [3.8, 4) is 11.1 Å². The second-order valence-corrected chi connectivity index (χ2v) is 3.96. The zero-order valence-corrected chi connectivity index (χ0v) is 9.13. The first-order valence-corrected chi connectivity index (χ1v) is 5.31. The number of hydrogen-bond donors (Lipinski definition) is 2. The van der Waals surface area contributed by atoms with Crippen LogP contribution in [-0.4, -0.2) is 9.97 Å². The first kappa shape index (κ1) is 10.7. The van der Waals surface area contributed by atoms with E-state index >= 15 is 0 Å².